The molecule has 0 radical (unpaired) electrons. The zero-order valence-corrected chi connectivity index (χ0v) is 17.7. The van der Waals surface area contributed by atoms with E-state index in [0.717, 1.165) is 26.2 Å². The van der Waals surface area contributed by atoms with Crippen LogP contribution in [0.15, 0.2) is 86.0 Å². The van der Waals surface area contributed by atoms with Crippen LogP contribution in [-0.4, -0.2) is 9.13 Å². The smallest absolute Gasteiger partial charge is 0.237 e. The van der Waals surface area contributed by atoms with Crippen LogP contribution in [0, 0.1) is 0 Å². The third-order valence-corrected chi connectivity index (χ3v) is 6.06. The van der Waals surface area contributed by atoms with Crippen LogP contribution in [0.1, 0.15) is 25.0 Å². The van der Waals surface area contributed by atoms with Gasteiger partial charge in [-0.2, -0.15) is 0 Å². The summed E-state index contributed by atoms with van der Waals surface area (Å²) in [4.78, 5) is 0. The van der Waals surface area contributed by atoms with Gasteiger partial charge in [0.15, 0.2) is 0 Å². The van der Waals surface area contributed by atoms with Crippen molar-refractivity contribution in [2.45, 2.75) is 40.0 Å². The van der Waals surface area contributed by atoms with E-state index in [9.17, 15) is 0 Å². The van der Waals surface area contributed by atoms with Crippen molar-refractivity contribution in [3.63, 3.8) is 0 Å². The van der Waals surface area contributed by atoms with Crippen molar-refractivity contribution in [3.05, 3.63) is 97.1 Å². The molecule has 0 fully saturated rings. The molecule has 4 nitrogen and oxygen atoms in total. The van der Waals surface area contributed by atoms with Crippen molar-refractivity contribution < 1.29 is 9.13 Å². The third kappa shape index (κ3) is 3.28. The van der Waals surface area contributed by atoms with Gasteiger partial charge in [-0.1, -0.05) is 48.5 Å². The molecule has 0 saturated heterocycles. The number of nitrogens with zero attached hydrogens (tertiary/aromatic N) is 4. The summed E-state index contributed by atoms with van der Waals surface area (Å²) < 4.78 is 9.00. The number of aromatic nitrogens is 4. The molecule has 150 valence electrons. The highest BCUT2D eigenvalue weighted by atomic mass is 15.1. The van der Waals surface area contributed by atoms with Gasteiger partial charge >= 0.3 is 0 Å². The maximum absolute atomic E-state index is 2.29. The van der Waals surface area contributed by atoms with Crippen LogP contribution in [0.4, 0.5) is 0 Å². The van der Waals surface area contributed by atoms with Gasteiger partial charge in [0, 0.05) is 11.1 Å². The number of imidazole rings is 2. The van der Waals surface area contributed by atoms with Crippen LogP contribution in [0.3, 0.4) is 0 Å². The molecule has 2 aromatic heterocycles. The van der Waals surface area contributed by atoms with E-state index in [1.165, 1.54) is 32.7 Å². The zero-order chi connectivity index (χ0) is 20.5. The van der Waals surface area contributed by atoms with E-state index in [1.54, 1.807) is 0 Å². The summed E-state index contributed by atoms with van der Waals surface area (Å²) in [5, 5.41) is 5.38. The highest BCUT2D eigenvalue weighted by Gasteiger charge is 2.17. The van der Waals surface area contributed by atoms with Crippen LogP contribution < -0.4 is 9.13 Å². The molecular weight excluding hydrogens is 368 g/mol. The maximum atomic E-state index is 2.29. The summed E-state index contributed by atoms with van der Waals surface area (Å²) in [5.74, 6) is 0. The molecule has 0 bridgehead atoms. The number of aryl methyl sites for hydroxylation is 2. The van der Waals surface area contributed by atoms with Crippen LogP contribution in [0.5, 0.6) is 0 Å². The van der Waals surface area contributed by atoms with Gasteiger partial charge in [0.2, 0.25) is 12.7 Å². The Morgan fingerprint density at radius 1 is 0.600 bits per heavy atom. The summed E-state index contributed by atoms with van der Waals surface area (Å²) in [6.45, 7) is 8.06. The summed E-state index contributed by atoms with van der Waals surface area (Å²) >= 11 is 0. The molecule has 3 aromatic carbocycles. The fourth-order valence-electron chi connectivity index (χ4n) is 4.45. The van der Waals surface area contributed by atoms with Crippen LogP contribution >= 0.6 is 0 Å². The lowest BCUT2D eigenvalue weighted by Crippen LogP contribution is -2.33. The van der Waals surface area contributed by atoms with Gasteiger partial charge in [0.25, 0.3) is 0 Å². The first-order valence-corrected chi connectivity index (χ1v) is 10.8. The van der Waals surface area contributed by atoms with E-state index in [-0.39, 0.29) is 0 Å². The Hall–Kier alpha value is -3.40. The Kier molecular flexibility index (Phi) is 4.83. The van der Waals surface area contributed by atoms with Gasteiger partial charge < -0.3 is 0 Å². The van der Waals surface area contributed by atoms with Gasteiger partial charge in [-0.15, -0.1) is 0 Å². The summed E-state index contributed by atoms with van der Waals surface area (Å²) in [6.07, 6.45) is 13.0. The lowest BCUT2D eigenvalue weighted by molar-refractivity contribution is -0.687. The third-order valence-electron chi connectivity index (χ3n) is 6.06. The quantitative estimate of drug-likeness (QED) is 0.301. The average molecular weight is 397 g/mol. The van der Waals surface area contributed by atoms with Crippen LogP contribution in [0.25, 0.3) is 21.5 Å². The SMILES string of the molecule is CCn1cc[n+](Cc2c3ccccc3c(C[n+]3ccn(CC)c3)c3ccccc23)c1. The summed E-state index contributed by atoms with van der Waals surface area (Å²) in [6, 6.07) is 17.7. The molecule has 0 spiro atoms. The predicted molar refractivity (Wildman–Crippen MR) is 120 cm³/mol. The van der Waals surface area contributed by atoms with Crippen molar-refractivity contribution in [2.75, 3.05) is 0 Å². The Labute approximate surface area is 177 Å². The Balaban J connectivity index is 1.71. The first kappa shape index (κ1) is 18.6. The standard InChI is InChI=1S/C26H28N4/c1-3-27-13-15-29(19-27)17-25-21-9-5-7-11-23(21)26(24-12-8-6-10-22(24)25)18-30-16-14-28(4-2)20-30/h5-16,19-20H,3-4,17-18H2,1-2H3/q+2. The molecule has 2 heterocycles. The molecule has 0 aliphatic heterocycles. The zero-order valence-electron chi connectivity index (χ0n) is 17.7. The molecular formula is C26H28N4+2. The van der Waals surface area contributed by atoms with Gasteiger partial charge in [-0.05, 0) is 35.4 Å². The molecule has 0 amide bonds. The molecule has 0 saturated carbocycles. The van der Waals surface area contributed by atoms with E-state index in [2.05, 4.69) is 118 Å². The summed E-state index contributed by atoms with van der Waals surface area (Å²) in [7, 11) is 0. The molecule has 30 heavy (non-hydrogen) atoms. The van der Waals surface area contributed by atoms with E-state index >= 15 is 0 Å². The highest BCUT2D eigenvalue weighted by Crippen LogP contribution is 2.32. The lowest BCUT2D eigenvalue weighted by atomic mass is 9.91. The number of fused-ring (bicyclic) bond motifs is 2. The molecule has 0 unspecified atom stereocenters. The fraction of sp³-hybridized carbons (Fsp3) is 0.231. The average Bonchev–Trinajstić information content (AvgIpc) is 3.45. The number of hydrogen-bond acceptors (Lipinski definition) is 0. The Bertz CT molecular complexity index is 1170. The van der Waals surface area contributed by atoms with E-state index in [4.69, 9.17) is 0 Å². The van der Waals surface area contributed by atoms with Crippen molar-refractivity contribution in [1.82, 2.24) is 9.13 Å². The predicted octanol–water partition coefficient (Wildman–Crippen LogP) is 4.31. The topological polar surface area (TPSA) is 17.6 Å². The summed E-state index contributed by atoms with van der Waals surface area (Å²) in [5.41, 5.74) is 2.78. The number of rotatable bonds is 6. The molecule has 0 aliphatic rings. The van der Waals surface area contributed by atoms with Crippen molar-refractivity contribution in [2.24, 2.45) is 0 Å². The first-order valence-electron chi connectivity index (χ1n) is 10.8. The second-order valence-corrected chi connectivity index (χ2v) is 7.88. The first-order chi connectivity index (χ1) is 14.8. The van der Waals surface area contributed by atoms with Crippen LogP contribution in [-0.2, 0) is 26.2 Å². The van der Waals surface area contributed by atoms with Gasteiger partial charge in [0.05, 0.1) is 13.1 Å². The van der Waals surface area contributed by atoms with Crippen LogP contribution in [0.2, 0.25) is 0 Å². The Morgan fingerprint density at radius 3 is 1.27 bits per heavy atom. The monoisotopic (exact) mass is 396 g/mol. The van der Waals surface area contributed by atoms with Gasteiger partial charge in [-0.3, -0.25) is 0 Å². The van der Waals surface area contributed by atoms with Crippen molar-refractivity contribution in [3.8, 4) is 0 Å². The maximum Gasteiger partial charge on any atom is 0.244 e. The molecule has 4 heteroatoms. The van der Waals surface area contributed by atoms with E-state index in [0.29, 0.717) is 0 Å². The molecule has 0 N–H and O–H groups in total. The molecule has 0 aliphatic carbocycles. The molecule has 0 atom stereocenters. The fourth-order valence-corrected chi connectivity index (χ4v) is 4.45. The lowest BCUT2D eigenvalue weighted by Gasteiger charge is -2.15. The largest absolute Gasteiger partial charge is 0.244 e. The minimum Gasteiger partial charge on any atom is -0.237 e. The van der Waals surface area contributed by atoms with E-state index < -0.39 is 0 Å². The number of hydrogen-bond donors (Lipinski definition) is 0. The normalized spacial score (nSPS) is 11.5. The molecule has 5 aromatic rings. The van der Waals surface area contributed by atoms with Gasteiger partial charge in [-0.25, -0.2) is 18.3 Å². The second-order valence-electron chi connectivity index (χ2n) is 7.88. The highest BCUT2D eigenvalue weighted by molar-refractivity contribution is 6.05. The van der Waals surface area contributed by atoms with Gasteiger partial charge in [0.1, 0.15) is 37.9 Å². The van der Waals surface area contributed by atoms with Crippen molar-refractivity contribution in [1.29, 1.82) is 0 Å². The second kappa shape index (κ2) is 7.79. The molecule has 5 rings (SSSR count). The Morgan fingerprint density at radius 2 is 0.967 bits per heavy atom. The minimum absolute atomic E-state index is 0.869. The van der Waals surface area contributed by atoms with E-state index in [1.807, 2.05) is 0 Å². The van der Waals surface area contributed by atoms with Crippen molar-refractivity contribution >= 4 is 21.5 Å². The minimum atomic E-state index is 0.869. The number of benzene rings is 3.